The number of carbonyl (C=O) groups is 1. The van der Waals surface area contributed by atoms with Crippen molar-refractivity contribution in [3.8, 4) is 12.1 Å². The van der Waals surface area contributed by atoms with Gasteiger partial charge in [0.2, 0.25) is 0 Å². The lowest BCUT2D eigenvalue weighted by Crippen LogP contribution is -1.98. The normalized spacial score (nSPS) is 12.8. The second-order valence-electron chi connectivity index (χ2n) is 4.43. The van der Waals surface area contributed by atoms with Crippen molar-refractivity contribution in [2.45, 2.75) is 0 Å². The fourth-order valence-electron chi connectivity index (χ4n) is 2.38. The molecule has 1 aliphatic carbocycles. The first-order chi connectivity index (χ1) is 9.76. The van der Waals surface area contributed by atoms with Crippen LogP contribution in [0.1, 0.15) is 27.0 Å². The van der Waals surface area contributed by atoms with Crippen molar-refractivity contribution in [2.24, 2.45) is 0 Å². The zero-order valence-corrected chi connectivity index (χ0v) is 10.4. The van der Waals surface area contributed by atoms with Crippen molar-refractivity contribution in [1.82, 2.24) is 0 Å². The Balaban J connectivity index is 2.21. The van der Waals surface area contributed by atoms with Crippen LogP contribution in [0.15, 0.2) is 48.5 Å². The van der Waals surface area contributed by atoms with Gasteiger partial charge in [0.25, 0.3) is 0 Å². The SMILES string of the molecule is N#CC1=C(c2ccc(C#N)cc2)C(=O)c2ccccc21. The minimum absolute atomic E-state index is 0.137. The highest BCUT2D eigenvalue weighted by Gasteiger charge is 2.30. The molecule has 0 fully saturated rings. The summed E-state index contributed by atoms with van der Waals surface area (Å²) < 4.78 is 0. The third kappa shape index (κ3) is 1.62. The predicted molar refractivity (Wildman–Crippen MR) is 74.4 cm³/mol. The first kappa shape index (κ1) is 11.9. The van der Waals surface area contributed by atoms with Crippen molar-refractivity contribution < 1.29 is 4.79 Å². The fourth-order valence-corrected chi connectivity index (χ4v) is 2.38. The van der Waals surface area contributed by atoms with Gasteiger partial charge in [-0.3, -0.25) is 4.79 Å². The van der Waals surface area contributed by atoms with E-state index >= 15 is 0 Å². The molecule has 20 heavy (non-hydrogen) atoms. The highest BCUT2D eigenvalue weighted by Crippen LogP contribution is 2.37. The van der Waals surface area contributed by atoms with Crippen LogP contribution >= 0.6 is 0 Å². The van der Waals surface area contributed by atoms with E-state index in [0.717, 1.165) is 0 Å². The van der Waals surface area contributed by atoms with Crippen molar-refractivity contribution in [3.63, 3.8) is 0 Å². The Bertz CT molecular complexity index is 831. The van der Waals surface area contributed by atoms with Gasteiger partial charge in [0.05, 0.1) is 17.2 Å². The van der Waals surface area contributed by atoms with Crippen molar-refractivity contribution in [1.29, 1.82) is 10.5 Å². The zero-order valence-electron chi connectivity index (χ0n) is 10.4. The van der Waals surface area contributed by atoms with Gasteiger partial charge in [-0.1, -0.05) is 36.4 Å². The summed E-state index contributed by atoms with van der Waals surface area (Å²) in [4.78, 5) is 12.4. The standard InChI is InChI=1S/C17H8N2O/c18-9-11-5-7-12(8-6-11)16-15(10-19)13-3-1-2-4-14(13)17(16)20/h1-8H. The van der Waals surface area contributed by atoms with Crippen LogP contribution in [0.2, 0.25) is 0 Å². The Labute approximate surface area is 116 Å². The number of rotatable bonds is 1. The minimum Gasteiger partial charge on any atom is -0.289 e. The topological polar surface area (TPSA) is 64.7 Å². The van der Waals surface area contributed by atoms with Gasteiger partial charge < -0.3 is 0 Å². The number of ketones is 1. The Morgan fingerprint density at radius 2 is 1.45 bits per heavy atom. The molecule has 2 aromatic rings. The summed E-state index contributed by atoms with van der Waals surface area (Å²) in [6, 6.07) is 18.0. The Kier molecular flexibility index (Phi) is 2.67. The van der Waals surface area contributed by atoms with Crippen LogP contribution in [0.25, 0.3) is 11.1 Å². The number of allylic oxidation sites excluding steroid dienone is 2. The number of nitrogens with zero attached hydrogens (tertiary/aromatic N) is 2. The molecule has 1 aliphatic rings. The van der Waals surface area contributed by atoms with Gasteiger partial charge >= 0.3 is 0 Å². The summed E-state index contributed by atoms with van der Waals surface area (Å²) in [5.41, 5.74) is 3.24. The van der Waals surface area contributed by atoms with Crippen LogP contribution in [-0.4, -0.2) is 5.78 Å². The zero-order chi connectivity index (χ0) is 14.1. The van der Waals surface area contributed by atoms with Gasteiger partial charge in [0, 0.05) is 16.7 Å². The molecule has 2 aromatic carbocycles. The number of fused-ring (bicyclic) bond motifs is 1. The maximum Gasteiger partial charge on any atom is 0.195 e. The molecule has 0 amide bonds. The van der Waals surface area contributed by atoms with E-state index in [1.807, 2.05) is 12.1 Å². The maximum absolute atomic E-state index is 12.4. The molecular formula is C17H8N2O. The van der Waals surface area contributed by atoms with Crippen LogP contribution in [0.5, 0.6) is 0 Å². The summed E-state index contributed by atoms with van der Waals surface area (Å²) in [6.07, 6.45) is 0. The smallest absolute Gasteiger partial charge is 0.195 e. The van der Waals surface area contributed by atoms with E-state index < -0.39 is 0 Å². The second-order valence-corrected chi connectivity index (χ2v) is 4.43. The molecule has 0 spiro atoms. The third-order valence-corrected chi connectivity index (χ3v) is 3.33. The average molecular weight is 256 g/mol. The van der Waals surface area contributed by atoms with E-state index in [9.17, 15) is 10.1 Å². The molecule has 3 nitrogen and oxygen atoms in total. The lowest BCUT2D eigenvalue weighted by atomic mass is 9.99. The van der Waals surface area contributed by atoms with E-state index in [1.165, 1.54) is 0 Å². The van der Waals surface area contributed by atoms with E-state index in [0.29, 0.717) is 33.4 Å². The van der Waals surface area contributed by atoms with Gasteiger partial charge in [-0.2, -0.15) is 10.5 Å². The number of hydrogen-bond donors (Lipinski definition) is 0. The Hall–Kier alpha value is -3.17. The average Bonchev–Trinajstić information content (AvgIpc) is 2.80. The van der Waals surface area contributed by atoms with Gasteiger partial charge in [-0.15, -0.1) is 0 Å². The number of carbonyl (C=O) groups excluding carboxylic acids is 1. The molecule has 3 heteroatoms. The maximum atomic E-state index is 12.4. The number of nitriles is 2. The molecule has 0 atom stereocenters. The van der Waals surface area contributed by atoms with E-state index in [4.69, 9.17) is 5.26 Å². The van der Waals surface area contributed by atoms with E-state index in [2.05, 4.69) is 6.07 Å². The summed E-state index contributed by atoms with van der Waals surface area (Å²) in [7, 11) is 0. The lowest BCUT2D eigenvalue weighted by molar-refractivity contribution is 0.105. The second kappa shape index (κ2) is 4.50. The largest absolute Gasteiger partial charge is 0.289 e. The highest BCUT2D eigenvalue weighted by molar-refractivity contribution is 6.41. The molecule has 0 N–H and O–H groups in total. The number of benzene rings is 2. The molecular weight excluding hydrogens is 248 g/mol. The van der Waals surface area contributed by atoms with Crippen LogP contribution in [-0.2, 0) is 0 Å². The molecule has 0 saturated heterocycles. The number of hydrogen-bond acceptors (Lipinski definition) is 3. The van der Waals surface area contributed by atoms with E-state index in [-0.39, 0.29) is 5.78 Å². The molecule has 0 bridgehead atoms. The first-order valence-corrected chi connectivity index (χ1v) is 6.05. The van der Waals surface area contributed by atoms with Gasteiger partial charge in [0.1, 0.15) is 6.07 Å². The molecule has 0 radical (unpaired) electrons. The molecule has 92 valence electrons. The summed E-state index contributed by atoms with van der Waals surface area (Å²) in [6.45, 7) is 0. The molecule has 0 heterocycles. The summed E-state index contributed by atoms with van der Waals surface area (Å²) in [5.74, 6) is -0.137. The Morgan fingerprint density at radius 3 is 2.05 bits per heavy atom. The van der Waals surface area contributed by atoms with Crippen molar-refractivity contribution in [3.05, 3.63) is 70.8 Å². The first-order valence-electron chi connectivity index (χ1n) is 6.05. The fraction of sp³-hybridized carbons (Fsp3) is 0. The summed E-state index contributed by atoms with van der Waals surface area (Å²) in [5, 5.41) is 18.2. The highest BCUT2D eigenvalue weighted by atomic mass is 16.1. The lowest BCUT2D eigenvalue weighted by Gasteiger charge is -2.02. The van der Waals surface area contributed by atoms with E-state index in [1.54, 1.807) is 42.5 Å². The van der Waals surface area contributed by atoms with Gasteiger partial charge in [-0.05, 0) is 17.7 Å². The molecule has 0 aliphatic heterocycles. The monoisotopic (exact) mass is 256 g/mol. The van der Waals surface area contributed by atoms with Crippen molar-refractivity contribution >= 4 is 16.9 Å². The van der Waals surface area contributed by atoms with Crippen LogP contribution < -0.4 is 0 Å². The molecule has 0 unspecified atom stereocenters. The van der Waals surface area contributed by atoms with Gasteiger partial charge in [-0.25, -0.2) is 0 Å². The molecule has 3 rings (SSSR count). The number of Topliss-reactive ketones (excluding diaryl/α,β-unsaturated/α-hetero) is 1. The predicted octanol–water partition coefficient (Wildman–Crippen LogP) is 3.19. The van der Waals surface area contributed by atoms with Crippen LogP contribution in [0, 0.1) is 22.7 Å². The Morgan fingerprint density at radius 1 is 0.800 bits per heavy atom. The quantitative estimate of drug-likeness (QED) is 0.787. The van der Waals surface area contributed by atoms with Crippen LogP contribution in [0.3, 0.4) is 0 Å². The van der Waals surface area contributed by atoms with Crippen LogP contribution in [0.4, 0.5) is 0 Å². The minimum atomic E-state index is -0.137. The van der Waals surface area contributed by atoms with Gasteiger partial charge in [0.15, 0.2) is 5.78 Å². The third-order valence-electron chi connectivity index (χ3n) is 3.33. The molecule has 0 saturated carbocycles. The summed E-state index contributed by atoms with van der Waals surface area (Å²) >= 11 is 0. The van der Waals surface area contributed by atoms with Crippen molar-refractivity contribution in [2.75, 3.05) is 0 Å². The molecule has 0 aromatic heterocycles.